The summed E-state index contributed by atoms with van der Waals surface area (Å²) < 4.78 is 11.2. The van der Waals surface area contributed by atoms with Crippen LogP contribution in [0.25, 0.3) is 11.3 Å². The molecular formula is C17H19ClN2O2. The quantitative estimate of drug-likeness (QED) is 0.864. The van der Waals surface area contributed by atoms with Gasteiger partial charge in [-0.15, -0.1) is 0 Å². The first-order valence-corrected chi connectivity index (χ1v) is 8.17. The van der Waals surface area contributed by atoms with Gasteiger partial charge in [0.1, 0.15) is 5.69 Å². The molecule has 5 heteroatoms. The number of benzene rings is 1. The van der Waals surface area contributed by atoms with Gasteiger partial charge < -0.3 is 9.26 Å². The molecule has 4 nitrogen and oxygen atoms in total. The SMILES string of the molecule is Clc1ccc(-c2cc(CN3CCOCC34CCC4)on2)cc1. The Hall–Kier alpha value is -1.36. The van der Waals surface area contributed by atoms with E-state index < -0.39 is 0 Å². The summed E-state index contributed by atoms with van der Waals surface area (Å²) in [7, 11) is 0. The summed E-state index contributed by atoms with van der Waals surface area (Å²) in [4.78, 5) is 2.51. The average molecular weight is 319 g/mol. The van der Waals surface area contributed by atoms with Gasteiger partial charge in [0.15, 0.2) is 5.76 Å². The van der Waals surface area contributed by atoms with Gasteiger partial charge in [-0.1, -0.05) is 28.9 Å². The molecule has 1 saturated carbocycles. The van der Waals surface area contributed by atoms with Gasteiger partial charge in [-0.05, 0) is 31.4 Å². The van der Waals surface area contributed by atoms with Gasteiger partial charge >= 0.3 is 0 Å². The number of hydrogen-bond donors (Lipinski definition) is 0. The van der Waals surface area contributed by atoms with Crippen molar-refractivity contribution < 1.29 is 9.26 Å². The highest BCUT2D eigenvalue weighted by Crippen LogP contribution is 2.40. The lowest BCUT2D eigenvalue weighted by Crippen LogP contribution is -2.60. The van der Waals surface area contributed by atoms with E-state index >= 15 is 0 Å². The van der Waals surface area contributed by atoms with Gasteiger partial charge in [-0.2, -0.15) is 0 Å². The van der Waals surface area contributed by atoms with E-state index in [0.29, 0.717) is 0 Å². The molecule has 0 unspecified atom stereocenters. The molecule has 1 aliphatic heterocycles. The summed E-state index contributed by atoms with van der Waals surface area (Å²) in [5.74, 6) is 0.915. The first kappa shape index (κ1) is 14.2. The van der Waals surface area contributed by atoms with E-state index in [9.17, 15) is 0 Å². The van der Waals surface area contributed by atoms with Crippen molar-refractivity contribution in [2.24, 2.45) is 0 Å². The highest BCUT2D eigenvalue weighted by Gasteiger charge is 2.44. The van der Waals surface area contributed by atoms with Crippen LogP contribution in [-0.4, -0.2) is 35.4 Å². The molecule has 1 aromatic heterocycles. The fourth-order valence-corrected chi connectivity index (χ4v) is 3.52. The summed E-state index contributed by atoms with van der Waals surface area (Å²) in [5.41, 5.74) is 2.13. The molecule has 2 fully saturated rings. The van der Waals surface area contributed by atoms with Crippen LogP contribution in [0.5, 0.6) is 0 Å². The molecule has 0 amide bonds. The molecule has 1 spiro atoms. The maximum atomic E-state index is 5.92. The van der Waals surface area contributed by atoms with Crippen LogP contribution in [0.3, 0.4) is 0 Å². The van der Waals surface area contributed by atoms with Crippen LogP contribution < -0.4 is 0 Å². The second-order valence-electron chi connectivity index (χ2n) is 6.24. The minimum Gasteiger partial charge on any atom is -0.378 e. The number of hydrogen-bond acceptors (Lipinski definition) is 4. The Morgan fingerprint density at radius 1 is 1.23 bits per heavy atom. The molecule has 2 aromatic rings. The van der Waals surface area contributed by atoms with Crippen LogP contribution >= 0.6 is 11.6 Å². The molecule has 0 radical (unpaired) electrons. The van der Waals surface area contributed by atoms with E-state index in [1.807, 2.05) is 30.3 Å². The third kappa shape index (κ3) is 2.56. The van der Waals surface area contributed by atoms with E-state index in [1.54, 1.807) is 0 Å². The monoisotopic (exact) mass is 318 g/mol. The Labute approximate surface area is 135 Å². The Balaban J connectivity index is 1.50. The van der Waals surface area contributed by atoms with Gasteiger partial charge in [-0.3, -0.25) is 4.90 Å². The first-order valence-electron chi connectivity index (χ1n) is 7.80. The molecule has 1 saturated heterocycles. The second-order valence-corrected chi connectivity index (χ2v) is 6.67. The molecule has 22 heavy (non-hydrogen) atoms. The van der Waals surface area contributed by atoms with Crippen molar-refractivity contribution in [1.29, 1.82) is 0 Å². The van der Waals surface area contributed by atoms with Crippen LogP contribution in [0.15, 0.2) is 34.9 Å². The van der Waals surface area contributed by atoms with E-state index in [0.717, 1.165) is 48.3 Å². The third-order valence-electron chi connectivity index (χ3n) is 4.88. The Kier molecular flexibility index (Phi) is 3.68. The summed E-state index contributed by atoms with van der Waals surface area (Å²) in [6.45, 7) is 3.44. The maximum absolute atomic E-state index is 5.92. The minimum absolute atomic E-state index is 0.242. The lowest BCUT2D eigenvalue weighted by molar-refractivity contribution is -0.113. The van der Waals surface area contributed by atoms with Crippen molar-refractivity contribution in [3.05, 3.63) is 41.1 Å². The number of aromatic nitrogens is 1. The van der Waals surface area contributed by atoms with Crippen LogP contribution in [0, 0.1) is 0 Å². The highest BCUT2D eigenvalue weighted by molar-refractivity contribution is 6.30. The average Bonchev–Trinajstić information content (AvgIpc) is 2.95. The predicted molar refractivity (Wildman–Crippen MR) is 84.8 cm³/mol. The van der Waals surface area contributed by atoms with Gasteiger partial charge in [-0.25, -0.2) is 0 Å². The van der Waals surface area contributed by atoms with Crippen LogP contribution in [0.1, 0.15) is 25.0 Å². The zero-order valence-electron chi connectivity index (χ0n) is 12.4. The summed E-state index contributed by atoms with van der Waals surface area (Å²) in [6, 6.07) is 9.70. The van der Waals surface area contributed by atoms with Crippen molar-refractivity contribution in [2.45, 2.75) is 31.3 Å². The van der Waals surface area contributed by atoms with Crippen LogP contribution in [-0.2, 0) is 11.3 Å². The zero-order chi connectivity index (χ0) is 15.0. The van der Waals surface area contributed by atoms with Crippen molar-refractivity contribution in [1.82, 2.24) is 10.1 Å². The van der Waals surface area contributed by atoms with Crippen molar-refractivity contribution in [3.8, 4) is 11.3 Å². The standard InChI is InChI=1S/C17H19ClN2O2/c18-14-4-2-13(3-5-14)16-10-15(22-19-16)11-20-8-9-21-12-17(20)6-1-7-17/h2-5,10H,1,6-9,11-12H2. The number of nitrogens with zero attached hydrogens (tertiary/aromatic N) is 2. The predicted octanol–water partition coefficient (Wildman–Crippen LogP) is 3.75. The molecule has 0 N–H and O–H groups in total. The minimum atomic E-state index is 0.242. The lowest BCUT2D eigenvalue weighted by atomic mass is 9.75. The van der Waals surface area contributed by atoms with Crippen LogP contribution in [0.2, 0.25) is 5.02 Å². The molecule has 1 aliphatic carbocycles. The van der Waals surface area contributed by atoms with Gasteiger partial charge in [0.05, 0.1) is 19.8 Å². The van der Waals surface area contributed by atoms with E-state index in [4.69, 9.17) is 20.9 Å². The number of ether oxygens (including phenoxy) is 1. The highest BCUT2D eigenvalue weighted by atomic mass is 35.5. The Bertz CT molecular complexity index is 649. The summed E-state index contributed by atoms with van der Waals surface area (Å²) in [5, 5.41) is 4.93. The number of morpholine rings is 1. The van der Waals surface area contributed by atoms with E-state index in [-0.39, 0.29) is 5.54 Å². The second kappa shape index (κ2) is 5.69. The fraction of sp³-hybridized carbons (Fsp3) is 0.471. The van der Waals surface area contributed by atoms with E-state index in [2.05, 4.69) is 10.1 Å². The van der Waals surface area contributed by atoms with Crippen molar-refractivity contribution >= 4 is 11.6 Å². The first-order chi connectivity index (χ1) is 10.8. The van der Waals surface area contributed by atoms with Crippen LogP contribution in [0.4, 0.5) is 0 Å². The molecule has 2 aliphatic rings. The molecule has 2 heterocycles. The largest absolute Gasteiger partial charge is 0.378 e. The molecular weight excluding hydrogens is 300 g/mol. The smallest absolute Gasteiger partial charge is 0.151 e. The summed E-state index contributed by atoms with van der Waals surface area (Å²) >= 11 is 5.92. The molecule has 116 valence electrons. The van der Waals surface area contributed by atoms with Gasteiger partial charge in [0.2, 0.25) is 0 Å². The Morgan fingerprint density at radius 2 is 2.05 bits per heavy atom. The molecule has 0 atom stereocenters. The third-order valence-corrected chi connectivity index (χ3v) is 5.13. The molecule has 0 bridgehead atoms. The fourth-order valence-electron chi connectivity index (χ4n) is 3.39. The number of halogens is 1. The maximum Gasteiger partial charge on any atom is 0.151 e. The van der Waals surface area contributed by atoms with Gasteiger partial charge in [0.25, 0.3) is 0 Å². The normalized spacial score (nSPS) is 21.0. The van der Waals surface area contributed by atoms with Gasteiger partial charge in [0, 0.05) is 28.7 Å². The molecule has 1 aromatic carbocycles. The topological polar surface area (TPSA) is 38.5 Å². The van der Waals surface area contributed by atoms with Crippen molar-refractivity contribution in [2.75, 3.05) is 19.8 Å². The zero-order valence-corrected chi connectivity index (χ0v) is 13.2. The summed E-state index contributed by atoms with van der Waals surface area (Å²) in [6.07, 6.45) is 3.75. The Morgan fingerprint density at radius 3 is 2.77 bits per heavy atom. The van der Waals surface area contributed by atoms with E-state index in [1.165, 1.54) is 19.3 Å². The molecule has 4 rings (SSSR count). The van der Waals surface area contributed by atoms with Crippen molar-refractivity contribution in [3.63, 3.8) is 0 Å². The lowest BCUT2D eigenvalue weighted by Gasteiger charge is -2.52. The number of rotatable bonds is 3.